The number of hydrogen-bond acceptors (Lipinski definition) is 2. The molecule has 0 radical (unpaired) electrons. The molecule has 92 valence electrons. The van der Waals surface area contributed by atoms with E-state index in [1.54, 1.807) is 6.92 Å². The molecule has 0 aromatic heterocycles. The summed E-state index contributed by atoms with van der Waals surface area (Å²) in [4.78, 5) is 24.5. The zero-order valence-electron chi connectivity index (χ0n) is 9.66. The molecule has 1 saturated heterocycles. The van der Waals surface area contributed by atoms with E-state index < -0.39 is 17.7 Å². The molecule has 0 aromatic rings. The smallest absolute Gasteiger partial charge is 0.311 e. The minimum absolute atomic E-state index is 0.229. The molecule has 4 amide bonds. The van der Waals surface area contributed by atoms with E-state index in [1.807, 2.05) is 18.2 Å². The highest BCUT2D eigenvalue weighted by molar-refractivity contribution is 9.09. The predicted octanol–water partition coefficient (Wildman–Crippen LogP) is 1.72. The lowest BCUT2D eigenvalue weighted by molar-refractivity contribution is 0.162. The maximum Gasteiger partial charge on any atom is 0.327 e. The van der Waals surface area contributed by atoms with Gasteiger partial charge >= 0.3 is 12.1 Å². The summed E-state index contributed by atoms with van der Waals surface area (Å²) >= 11 is 3.50. The van der Waals surface area contributed by atoms with Gasteiger partial charge in [-0.3, -0.25) is 0 Å². The number of nitrogens with one attached hydrogen (secondary N) is 2. The second-order valence-electron chi connectivity index (χ2n) is 4.32. The molecule has 1 unspecified atom stereocenters. The molecule has 1 aliphatic carbocycles. The van der Waals surface area contributed by atoms with E-state index in [1.165, 1.54) is 7.05 Å². The van der Waals surface area contributed by atoms with Crippen molar-refractivity contribution < 1.29 is 9.59 Å². The first-order valence-electron chi connectivity index (χ1n) is 5.33. The van der Waals surface area contributed by atoms with Gasteiger partial charge in [0.2, 0.25) is 0 Å². The quantitative estimate of drug-likeness (QED) is 0.724. The zero-order chi connectivity index (χ0) is 12.6. The second kappa shape index (κ2) is 4.18. The van der Waals surface area contributed by atoms with Gasteiger partial charge in [0.1, 0.15) is 5.66 Å². The lowest BCUT2D eigenvalue weighted by Crippen LogP contribution is -2.69. The predicted molar refractivity (Wildman–Crippen MR) is 67.8 cm³/mol. The first-order chi connectivity index (χ1) is 7.92. The van der Waals surface area contributed by atoms with Crippen molar-refractivity contribution in [2.24, 2.45) is 0 Å². The molecule has 2 aliphatic rings. The Balaban J connectivity index is 2.28. The van der Waals surface area contributed by atoms with Crippen molar-refractivity contribution in [3.63, 3.8) is 0 Å². The molecule has 17 heavy (non-hydrogen) atoms. The van der Waals surface area contributed by atoms with Gasteiger partial charge in [-0.25, -0.2) is 14.5 Å². The Kier molecular flexibility index (Phi) is 2.99. The van der Waals surface area contributed by atoms with E-state index >= 15 is 0 Å². The van der Waals surface area contributed by atoms with Crippen LogP contribution in [-0.2, 0) is 0 Å². The number of carbonyl (C=O) groups is 2. The molecule has 0 bridgehead atoms. The van der Waals surface area contributed by atoms with Gasteiger partial charge in [0.15, 0.2) is 0 Å². The van der Waals surface area contributed by atoms with Gasteiger partial charge in [-0.15, -0.1) is 0 Å². The number of amides is 4. The van der Waals surface area contributed by atoms with Crippen molar-refractivity contribution in [2.75, 3.05) is 7.05 Å². The van der Waals surface area contributed by atoms with Crippen LogP contribution in [0.2, 0.25) is 0 Å². The van der Waals surface area contributed by atoms with Crippen LogP contribution in [0.4, 0.5) is 9.59 Å². The van der Waals surface area contributed by atoms with E-state index in [2.05, 4.69) is 26.6 Å². The van der Waals surface area contributed by atoms with Gasteiger partial charge in [0.25, 0.3) is 0 Å². The second-order valence-corrected chi connectivity index (χ2v) is 5.50. The third-order valence-electron chi connectivity index (χ3n) is 2.92. The summed E-state index contributed by atoms with van der Waals surface area (Å²) in [5.74, 6) is 0. The van der Waals surface area contributed by atoms with Crippen LogP contribution in [0.5, 0.6) is 0 Å². The Morgan fingerprint density at radius 2 is 2.00 bits per heavy atom. The Labute approximate surface area is 108 Å². The lowest BCUT2D eigenvalue weighted by atomic mass is 9.95. The molecule has 5 nitrogen and oxygen atoms in total. The number of hydrogen-bond donors (Lipinski definition) is 2. The molecular formula is C11H14BrN3O2. The highest BCUT2D eigenvalue weighted by Gasteiger charge is 2.39. The summed E-state index contributed by atoms with van der Waals surface area (Å²) in [7, 11) is 1.43. The Morgan fingerprint density at radius 1 is 1.41 bits per heavy atom. The monoisotopic (exact) mass is 299 g/mol. The zero-order valence-corrected chi connectivity index (χ0v) is 11.2. The number of carbonyl (C=O) groups excluding carboxylic acids is 2. The Hall–Kier alpha value is -1.30. The van der Waals surface area contributed by atoms with Crippen molar-refractivity contribution in [3.05, 3.63) is 23.8 Å². The molecule has 6 heteroatoms. The van der Waals surface area contributed by atoms with Crippen LogP contribution in [0.15, 0.2) is 23.8 Å². The normalized spacial score (nSPS) is 27.4. The minimum atomic E-state index is -0.844. The lowest BCUT2D eigenvalue weighted by Gasteiger charge is -2.40. The van der Waals surface area contributed by atoms with Crippen molar-refractivity contribution in [1.29, 1.82) is 0 Å². The van der Waals surface area contributed by atoms with Gasteiger partial charge in [0.05, 0.1) is 0 Å². The highest BCUT2D eigenvalue weighted by atomic mass is 79.9. The van der Waals surface area contributed by atoms with Crippen LogP contribution in [-0.4, -0.2) is 34.5 Å². The highest BCUT2D eigenvalue weighted by Crippen LogP contribution is 2.25. The summed E-state index contributed by atoms with van der Waals surface area (Å²) < 4.78 is 0. The van der Waals surface area contributed by atoms with Crippen molar-refractivity contribution in [1.82, 2.24) is 15.5 Å². The molecule has 0 spiro atoms. The number of rotatable bonds is 1. The molecule has 2 N–H and O–H groups in total. The topological polar surface area (TPSA) is 61.4 Å². The number of urea groups is 2. The third-order valence-corrected chi connectivity index (χ3v) is 3.56. The summed E-state index contributed by atoms with van der Waals surface area (Å²) in [5.41, 5.74) is 0.0318. The number of imide groups is 1. The minimum Gasteiger partial charge on any atom is -0.311 e. The number of nitrogens with zero attached hydrogens (tertiary/aromatic N) is 1. The van der Waals surface area contributed by atoms with Gasteiger partial charge in [0, 0.05) is 11.9 Å². The summed E-state index contributed by atoms with van der Waals surface area (Å²) in [5, 5.41) is 5.56. The van der Waals surface area contributed by atoms with Crippen LogP contribution in [0.25, 0.3) is 0 Å². The first kappa shape index (κ1) is 12.2. The summed E-state index contributed by atoms with van der Waals surface area (Å²) in [6.45, 7) is 1.77. The van der Waals surface area contributed by atoms with Crippen LogP contribution in [0.1, 0.15) is 13.3 Å². The fourth-order valence-corrected chi connectivity index (χ4v) is 2.34. The molecule has 1 fully saturated rings. The average Bonchev–Trinajstić information content (AvgIpc) is 2.26. The van der Waals surface area contributed by atoms with Gasteiger partial charge in [-0.1, -0.05) is 34.2 Å². The van der Waals surface area contributed by atoms with E-state index in [-0.39, 0.29) is 4.83 Å². The number of allylic oxidation sites excluding steroid dienone is 2. The fraction of sp³-hybridized carbons (Fsp3) is 0.455. The molecular weight excluding hydrogens is 286 g/mol. The molecule has 1 heterocycles. The Bertz CT molecular complexity index is 412. The summed E-state index contributed by atoms with van der Waals surface area (Å²) in [6, 6.07) is -0.801. The number of halogens is 1. The maximum atomic E-state index is 11.6. The van der Waals surface area contributed by atoms with Crippen molar-refractivity contribution in [3.8, 4) is 0 Å². The van der Waals surface area contributed by atoms with Crippen LogP contribution >= 0.6 is 15.9 Å². The van der Waals surface area contributed by atoms with E-state index in [0.717, 1.165) is 16.9 Å². The van der Waals surface area contributed by atoms with Gasteiger partial charge in [-0.05, 0) is 18.9 Å². The SMILES string of the molecule is CN1C(=O)NC(C)(C2=CC(Br)CC=C2)NC1=O. The largest absolute Gasteiger partial charge is 0.327 e. The van der Waals surface area contributed by atoms with Crippen molar-refractivity contribution >= 4 is 28.0 Å². The Morgan fingerprint density at radius 3 is 2.53 bits per heavy atom. The molecule has 1 atom stereocenters. The van der Waals surface area contributed by atoms with Crippen molar-refractivity contribution in [2.45, 2.75) is 23.8 Å². The number of alkyl halides is 1. The van der Waals surface area contributed by atoms with Gasteiger partial charge in [-0.2, -0.15) is 0 Å². The fourth-order valence-electron chi connectivity index (χ4n) is 1.84. The van der Waals surface area contributed by atoms with Crippen LogP contribution in [0, 0.1) is 0 Å². The first-order valence-corrected chi connectivity index (χ1v) is 6.25. The third kappa shape index (κ3) is 2.22. The standard InChI is InChI=1S/C11H14BrN3O2/c1-11(7-4-3-5-8(12)6-7)13-9(16)15(2)10(17)14-11/h3-4,6,8H,5H2,1-2H3,(H,13,16)(H,14,17). The van der Waals surface area contributed by atoms with Crippen LogP contribution < -0.4 is 10.6 Å². The molecule has 2 rings (SSSR count). The van der Waals surface area contributed by atoms with E-state index in [4.69, 9.17) is 0 Å². The van der Waals surface area contributed by atoms with E-state index in [9.17, 15) is 9.59 Å². The maximum absolute atomic E-state index is 11.6. The molecule has 0 aromatic carbocycles. The average molecular weight is 300 g/mol. The molecule has 0 saturated carbocycles. The van der Waals surface area contributed by atoms with Crippen LogP contribution in [0.3, 0.4) is 0 Å². The summed E-state index contributed by atoms with van der Waals surface area (Å²) in [6.07, 6.45) is 6.83. The molecule has 1 aliphatic heterocycles. The van der Waals surface area contributed by atoms with Gasteiger partial charge < -0.3 is 10.6 Å². The van der Waals surface area contributed by atoms with E-state index in [0.29, 0.717) is 0 Å².